The van der Waals surface area contributed by atoms with E-state index in [0.29, 0.717) is 26.8 Å². The number of nitrogens with one attached hydrogen (secondary N) is 1. The number of benzene rings is 2. The van der Waals surface area contributed by atoms with Gasteiger partial charge in [-0.05, 0) is 12.1 Å². The van der Waals surface area contributed by atoms with Gasteiger partial charge >= 0.3 is 0 Å². The maximum Gasteiger partial charge on any atom is 0.145 e. The van der Waals surface area contributed by atoms with Gasteiger partial charge in [0.05, 0.1) is 27.5 Å². The van der Waals surface area contributed by atoms with Gasteiger partial charge in [0.1, 0.15) is 16.6 Å². The van der Waals surface area contributed by atoms with Gasteiger partial charge in [0.15, 0.2) is 0 Å². The van der Waals surface area contributed by atoms with E-state index in [-0.39, 0.29) is 0 Å². The fourth-order valence-electron chi connectivity index (χ4n) is 1.86. The first-order valence-electron chi connectivity index (χ1n) is 5.86. The summed E-state index contributed by atoms with van der Waals surface area (Å²) in [4.78, 5) is 4.21. The normalized spacial score (nSPS) is 10.9. The zero-order valence-electron chi connectivity index (χ0n) is 10.2. The summed E-state index contributed by atoms with van der Waals surface area (Å²) in [6.45, 7) is 0.407. The average molecular weight is 311 g/mol. The maximum absolute atomic E-state index is 13.6. The van der Waals surface area contributed by atoms with E-state index in [1.54, 1.807) is 6.07 Å². The van der Waals surface area contributed by atoms with E-state index >= 15 is 0 Å². The molecule has 0 fully saturated rings. The number of rotatable bonds is 3. The quantitative estimate of drug-likeness (QED) is 0.748. The molecule has 2 aromatic carbocycles. The molecule has 3 aromatic rings. The molecule has 20 heavy (non-hydrogen) atoms. The van der Waals surface area contributed by atoms with Crippen molar-refractivity contribution in [2.45, 2.75) is 6.54 Å². The molecule has 2 nitrogen and oxygen atoms in total. The number of hydrogen-bond donors (Lipinski definition) is 1. The molecule has 6 heteroatoms. The lowest BCUT2D eigenvalue weighted by molar-refractivity contribution is 0.593. The van der Waals surface area contributed by atoms with Crippen molar-refractivity contribution in [1.82, 2.24) is 4.98 Å². The topological polar surface area (TPSA) is 24.9 Å². The summed E-state index contributed by atoms with van der Waals surface area (Å²) in [5, 5.41) is 4.40. The van der Waals surface area contributed by atoms with Gasteiger partial charge in [-0.1, -0.05) is 23.7 Å². The second-order valence-corrected chi connectivity index (χ2v) is 5.67. The first-order chi connectivity index (χ1) is 9.63. The Hall–Kier alpha value is -1.72. The van der Waals surface area contributed by atoms with Crippen molar-refractivity contribution >= 4 is 38.8 Å². The molecular weight excluding hydrogens is 302 g/mol. The van der Waals surface area contributed by atoms with Crippen LogP contribution >= 0.6 is 22.9 Å². The monoisotopic (exact) mass is 310 g/mol. The fraction of sp³-hybridized carbons (Fsp3) is 0.0714. The number of aromatic nitrogens is 1. The highest BCUT2D eigenvalue weighted by Gasteiger charge is 2.10. The average Bonchev–Trinajstić information content (AvgIpc) is 2.81. The minimum Gasteiger partial charge on any atom is -0.377 e. The second kappa shape index (κ2) is 5.34. The predicted octanol–water partition coefficient (Wildman–Crippen LogP) is 4.84. The van der Waals surface area contributed by atoms with Crippen molar-refractivity contribution in [1.29, 1.82) is 0 Å². The fourth-order valence-corrected chi connectivity index (χ4v) is 2.95. The van der Waals surface area contributed by atoms with E-state index in [4.69, 9.17) is 11.6 Å². The summed E-state index contributed by atoms with van der Waals surface area (Å²) in [7, 11) is 0. The Morgan fingerprint density at radius 3 is 2.80 bits per heavy atom. The van der Waals surface area contributed by atoms with Gasteiger partial charge in [-0.25, -0.2) is 13.8 Å². The smallest absolute Gasteiger partial charge is 0.145 e. The lowest BCUT2D eigenvalue weighted by atomic mass is 10.3. The van der Waals surface area contributed by atoms with Crippen molar-refractivity contribution in [2.24, 2.45) is 0 Å². The Bertz CT molecular complexity index is 773. The Morgan fingerprint density at radius 1 is 1.20 bits per heavy atom. The van der Waals surface area contributed by atoms with E-state index in [1.165, 1.54) is 17.4 Å². The number of para-hydroxylation sites is 1. The van der Waals surface area contributed by atoms with Gasteiger partial charge in [-0.3, -0.25) is 0 Å². The molecule has 0 spiro atoms. The molecule has 0 aliphatic carbocycles. The highest BCUT2D eigenvalue weighted by atomic mass is 35.5. The minimum atomic E-state index is -0.620. The van der Waals surface area contributed by atoms with Crippen LogP contribution in [0.3, 0.4) is 0 Å². The van der Waals surface area contributed by atoms with Crippen LogP contribution in [-0.2, 0) is 6.54 Å². The van der Waals surface area contributed by atoms with Gasteiger partial charge < -0.3 is 5.32 Å². The molecule has 0 amide bonds. The van der Waals surface area contributed by atoms with E-state index in [0.717, 1.165) is 11.8 Å². The summed E-state index contributed by atoms with van der Waals surface area (Å²) >= 11 is 7.23. The largest absolute Gasteiger partial charge is 0.377 e. The SMILES string of the molecule is Fc1cc(F)c2sc(CNc3ccccc3Cl)nc2c1. The Morgan fingerprint density at radius 2 is 2.00 bits per heavy atom. The van der Waals surface area contributed by atoms with Crippen molar-refractivity contribution in [2.75, 3.05) is 5.32 Å². The molecular formula is C14H9ClF2N2S. The zero-order valence-corrected chi connectivity index (χ0v) is 11.7. The number of hydrogen-bond acceptors (Lipinski definition) is 3. The highest BCUT2D eigenvalue weighted by molar-refractivity contribution is 7.18. The Kier molecular flexibility index (Phi) is 3.54. The van der Waals surface area contributed by atoms with Crippen molar-refractivity contribution in [3.05, 3.63) is 58.1 Å². The molecule has 0 aliphatic rings. The van der Waals surface area contributed by atoms with E-state index in [1.807, 2.05) is 18.2 Å². The van der Waals surface area contributed by atoms with Crippen LogP contribution in [0.1, 0.15) is 5.01 Å². The van der Waals surface area contributed by atoms with Crippen LogP contribution in [0.25, 0.3) is 10.2 Å². The molecule has 1 aromatic heterocycles. The number of fused-ring (bicyclic) bond motifs is 1. The molecule has 0 aliphatic heterocycles. The summed E-state index contributed by atoms with van der Waals surface area (Å²) < 4.78 is 27.0. The highest BCUT2D eigenvalue weighted by Crippen LogP contribution is 2.27. The second-order valence-electron chi connectivity index (χ2n) is 4.18. The van der Waals surface area contributed by atoms with Crippen LogP contribution in [0.5, 0.6) is 0 Å². The van der Waals surface area contributed by atoms with Crippen LogP contribution in [0.15, 0.2) is 36.4 Å². The lowest BCUT2D eigenvalue weighted by Gasteiger charge is -2.05. The van der Waals surface area contributed by atoms with Crippen molar-refractivity contribution < 1.29 is 8.78 Å². The molecule has 0 unspecified atom stereocenters. The van der Waals surface area contributed by atoms with Gasteiger partial charge in [-0.15, -0.1) is 11.3 Å². The molecule has 0 bridgehead atoms. The van der Waals surface area contributed by atoms with Crippen LogP contribution in [-0.4, -0.2) is 4.98 Å². The van der Waals surface area contributed by atoms with Gasteiger partial charge in [0, 0.05) is 12.1 Å². The first-order valence-corrected chi connectivity index (χ1v) is 7.06. The molecule has 3 rings (SSSR count). The van der Waals surface area contributed by atoms with Gasteiger partial charge in [0.25, 0.3) is 0 Å². The molecule has 0 saturated heterocycles. The van der Waals surface area contributed by atoms with Crippen LogP contribution < -0.4 is 5.32 Å². The Labute approximate surface area is 123 Å². The number of nitrogens with zero attached hydrogens (tertiary/aromatic N) is 1. The van der Waals surface area contributed by atoms with Crippen LogP contribution in [0.4, 0.5) is 14.5 Å². The molecule has 0 atom stereocenters. The summed E-state index contributed by atoms with van der Waals surface area (Å²) in [5.41, 5.74) is 1.11. The lowest BCUT2D eigenvalue weighted by Crippen LogP contribution is -1.98. The van der Waals surface area contributed by atoms with Crippen LogP contribution in [0.2, 0.25) is 5.02 Å². The molecule has 1 N–H and O–H groups in total. The predicted molar refractivity (Wildman–Crippen MR) is 78.3 cm³/mol. The standard InChI is InChI=1S/C14H9ClF2N2S/c15-9-3-1-2-4-11(9)18-7-13-19-12-6-8(16)5-10(17)14(12)20-13/h1-6,18H,7H2. The van der Waals surface area contributed by atoms with E-state index in [9.17, 15) is 8.78 Å². The summed E-state index contributed by atoms with van der Waals surface area (Å²) in [6, 6.07) is 9.41. The summed E-state index contributed by atoms with van der Waals surface area (Å²) in [5.74, 6) is -1.20. The third-order valence-corrected chi connectivity index (χ3v) is 4.17. The van der Waals surface area contributed by atoms with Crippen molar-refractivity contribution in [3.63, 3.8) is 0 Å². The number of anilines is 1. The van der Waals surface area contributed by atoms with Gasteiger partial charge in [-0.2, -0.15) is 0 Å². The van der Waals surface area contributed by atoms with Gasteiger partial charge in [0.2, 0.25) is 0 Å². The van der Waals surface area contributed by atoms with E-state index in [2.05, 4.69) is 10.3 Å². The summed E-state index contributed by atoms with van der Waals surface area (Å²) in [6.07, 6.45) is 0. The minimum absolute atomic E-state index is 0.337. The van der Waals surface area contributed by atoms with Crippen LogP contribution in [0, 0.1) is 11.6 Å². The molecule has 1 heterocycles. The third-order valence-electron chi connectivity index (χ3n) is 2.76. The molecule has 102 valence electrons. The molecule has 0 saturated carbocycles. The zero-order chi connectivity index (χ0) is 14.1. The first kappa shape index (κ1) is 13.3. The van der Waals surface area contributed by atoms with Crippen molar-refractivity contribution in [3.8, 4) is 0 Å². The Balaban J connectivity index is 1.85. The van der Waals surface area contributed by atoms with E-state index < -0.39 is 11.6 Å². The maximum atomic E-state index is 13.6. The number of thiazole rings is 1. The third kappa shape index (κ3) is 2.59. The molecule has 0 radical (unpaired) electrons. The number of halogens is 3.